The second-order valence-electron chi connectivity index (χ2n) is 4.42. The summed E-state index contributed by atoms with van der Waals surface area (Å²) in [5.74, 6) is 2.41. The Labute approximate surface area is 113 Å². The number of nitrogens with one attached hydrogen (secondary N) is 1. The predicted molar refractivity (Wildman–Crippen MR) is 78.3 cm³/mol. The van der Waals surface area contributed by atoms with Gasteiger partial charge in [0.1, 0.15) is 0 Å². The molecule has 0 aliphatic carbocycles. The van der Waals surface area contributed by atoms with E-state index in [2.05, 4.69) is 35.3 Å². The van der Waals surface area contributed by atoms with Gasteiger partial charge in [0.25, 0.3) is 0 Å². The van der Waals surface area contributed by atoms with Crippen LogP contribution >= 0.6 is 23.4 Å². The molecule has 0 bridgehead atoms. The largest absolute Gasteiger partial charge is 0.367 e. The third-order valence-electron chi connectivity index (χ3n) is 3.10. The standard InChI is InChI=1S/C13H19ClN2S/c1-10-9-17-6-5-16(10)12-4-3-11(8-15-2)13(14)7-12/h3-4,7,10,15H,5-6,8-9H2,1-2H3. The minimum absolute atomic E-state index is 0.597. The van der Waals surface area contributed by atoms with Crippen molar-refractivity contribution in [1.82, 2.24) is 5.32 Å². The van der Waals surface area contributed by atoms with Crippen molar-refractivity contribution >= 4 is 29.1 Å². The minimum atomic E-state index is 0.597. The highest BCUT2D eigenvalue weighted by Crippen LogP contribution is 2.28. The summed E-state index contributed by atoms with van der Waals surface area (Å²) in [5, 5.41) is 3.99. The molecular weight excluding hydrogens is 252 g/mol. The summed E-state index contributed by atoms with van der Waals surface area (Å²) in [6.45, 7) is 4.22. The fraction of sp³-hybridized carbons (Fsp3) is 0.538. The van der Waals surface area contributed by atoms with Gasteiger partial charge in [-0.05, 0) is 31.7 Å². The summed E-state index contributed by atoms with van der Waals surface area (Å²) in [5.41, 5.74) is 2.42. The lowest BCUT2D eigenvalue weighted by molar-refractivity contribution is 0.699. The maximum atomic E-state index is 6.30. The monoisotopic (exact) mass is 270 g/mol. The topological polar surface area (TPSA) is 15.3 Å². The average molecular weight is 271 g/mol. The SMILES string of the molecule is CNCc1ccc(N2CCSCC2C)cc1Cl. The summed E-state index contributed by atoms with van der Waals surface area (Å²) in [6, 6.07) is 7.01. The zero-order chi connectivity index (χ0) is 12.3. The summed E-state index contributed by atoms with van der Waals surface area (Å²) < 4.78 is 0. The van der Waals surface area contributed by atoms with Crippen LogP contribution < -0.4 is 10.2 Å². The van der Waals surface area contributed by atoms with Crippen LogP contribution in [0.25, 0.3) is 0 Å². The molecule has 0 saturated carbocycles. The number of halogens is 1. The molecule has 1 aliphatic rings. The Bertz CT molecular complexity index is 384. The van der Waals surface area contributed by atoms with Gasteiger partial charge in [-0.1, -0.05) is 17.7 Å². The molecule has 94 valence electrons. The molecule has 0 radical (unpaired) electrons. The first kappa shape index (κ1) is 13.1. The molecular formula is C13H19ClN2S. The van der Waals surface area contributed by atoms with E-state index in [0.29, 0.717) is 6.04 Å². The maximum Gasteiger partial charge on any atom is 0.0471 e. The van der Waals surface area contributed by atoms with Crippen molar-refractivity contribution in [2.45, 2.75) is 19.5 Å². The Morgan fingerprint density at radius 2 is 2.35 bits per heavy atom. The number of thioether (sulfide) groups is 1. The fourth-order valence-corrected chi connectivity index (χ4v) is 3.41. The number of nitrogens with zero attached hydrogens (tertiary/aromatic N) is 1. The number of hydrogen-bond donors (Lipinski definition) is 1. The van der Waals surface area contributed by atoms with Gasteiger partial charge in [0, 0.05) is 41.3 Å². The summed E-state index contributed by atoms with van der Waals surface area (Å²) in [7, 11) is 1.94. The first-order valence-electron chi connectivity index (χ1n) is 6.00. The van der Waals surface area contributed by atoms with E-state index in [-0.39, 0.29) is 0 Å². The minimum Gasteiger partial charge on any atom is -0.367 e. The second-order valence-corrected chi connectivity index (χ2v) is 5.98. The lowest BCUT2D eigenvalue weighted by Gasteiger charge is -2.35. The van der Waals surface area contributed by atoms with Crippen LogP contribution in [-0.4, -0.2) is 31.1 Å². The van der Waals surface area contributed by atoms with Crippen LogP contribution in [-0.2, 0) is 6.54 Å². The normalized spacial score (nSPS) is 20.6. The third kappa shape index (κ3) is 3.09. The number of rotatable bonds is 3. The van der Waals surface area contributed by atoms with Crippen molar-refractivity contribution < 1.29 is 0 Å². The van der Waals surface area contributed by atoms with Gasteiger partial charge in [-0.2, -0.15) is 11.8 Å². The van der Waals surface area contributed by atoms with Gasteiger partial charge in [-0.25, -0.2) is 0 Å². The van der Waals surface area contributed by atoms with Crippen molar-refractivity contribution in [3.63, 3.8) is 0 Å². The van der Waals surface area contributed by atoms with E-state index in [0.717, 1.165) is 23.7 Å². The van der Waals surface area contributed by atoms with E-state index in [4.69, 9.17) is 11.6 Å². The van der Waals surface area contributed by atoms with Gasteiger partial charge in [-0.15, -0.1) is 0 Å². The smallest absolute Gasteiger partial charge is 0.0471 e. The molecule has 1 N–H and O–H groups in total. The average Bonchev–Trinajstić information content (AvgIpc) is 2.33. The molecule has 0 aromatic heterocycles. The lowest BCUT2D eigenvalue weighted by atomic mass is 10.1. The molecule has 1 saturated heterocycles. The molecule has 1 heterocycles. The molecule has 0 amide bonds. The highest BCUT2D eigenvalue weighted by atomic mass is 35.5. The van der Waals surface area contributed by atoms with Crippen molar-refractivity contribution in [1.29, 1.82) is 0 Å². The van der Waals surface area contributed by atoms with Gasteiger partial charge in [0.15, 0.2) is 0 Å². The Morgan fingerprint density at radius 3 is 3.00 bits per heavy atom. The first-order valence-corrected chi connectivity index (χ1v) is 7.53. The van der Waals surface area contributed by atoms with Crippen LogP contribution in [0.15, 0.2) is 18.2 Å². The molecule has 1 aromatic rings. The second kappa shape index (κ2) is 5.98. The van der Waals surface area contributed by atoms with E-state index in [1.54, 1.807) is 0 Å². The van der Waals surface area contributed by atoms with E-state index in [1.165, 1.54) is 17.2 Å². The lowest BCUT2D eigenvalue weighted by Crippen LogP contribution is -2.40. The highest BCUT2D eigenvalue weighted by Gasteiger charge is 2.19. The van der Waals surface area contributed by atoms with E-state index < -0.39 is 0 Å². The van der Waals surface area contributed by atoms with Gasteiger partial charge in [0.05, 0.1) is 0 Å². The zero-order valence-electron chi connectivity index (χ0n) is 10.4. The number of hydrogen-bond acceptors (Lipinski definition) is 3. The highest BCUT2D eigenvalue weighted by molar-refractivity contribution is 7.99. The predicted octanol–water partition coefficient (Wildman–Crippen LogP) is 3.00. The summed E-state index contributed by atoms with van der Waals surface area (Å²) in [6.07, 6.45) is 0. The number of anilines is 1. The Morgan fingerprint density at radius 1 is 1.53 bits per heavy atom. The van der Waals surface area contributed by atoms with Crippen LogP contribution in [0.4, 0.5) is 5.69 Å². The van der Waals surface area contributed by atoms with Crippen LogP contribution in [0.2, 0.25) is 5.02 Å². The van der Waals surface area contributed by atoms with E-state index in [1.807, 2.05) is 18.8 Å². The molecule has 2 rings (SSSR count). The van der Waals surface area contributed by atoms with E-state index >= 15 is 0 Å². The molecule has 1 unspecified atom stereocenters. The van der Waals surface area contributed by atoms with Crippen LogP contribution in [0.5, 0.6) is 0 Å². The van der Waals surface area contributed by atoms with Gasteiger partial charge in [-0.3, -0.25) is 0 Å². The molecule has 1 fully saturated rings. The van der Waals surface area contributed by atoms with Crippen molar-refractivity contribution in [2.24, 2.45) is 0 Å². The third-order valence-corrected chi connectivity index (χ3v) is 4.64. The molecule has 2 nitrogen and oxygen atoms in total. The molecule has 1 aliphatic heterocycles. The summed E-state index contributed by atoms with van der Waals surface area (Å²) in [4.78, 5) is 2.45. The van der Waals surface area contributed by atoms with Crippen LogP contribution in [0.1, 0.15) is 12.5 Å². The zero-order valence-corrected chi connectivity index (χ0v) is 11.9. The Kier molecular flexibility index (Phi) is 4.60. The molecule has 4 heteroatoms. The van der Waals surface area contributed by atoms with Crippen LogP contribution in [0.3, 0.4) is 0 Å². The Balaban J connectivity index is 2.18. The quantitative estimate of drug-likeness (QED) is 0.909. The van der Waals surface area contributed by atoms with Gasteiger partial charge < -0.3 is 10.2 Å². The fourth-order valence-electron chi connectivity index (χ4n) is 2.16. The van der Waals surface area contributed by atoms with E-state index in [9.17, 15) is 0 Å². The van der Waals surface area contributed by atoms with Crippen molar-refractivity contribution in [3.8, 4) is 0 Å². The van der Waals surface area contributed by atoms with Crippen molar-refractivity contribution in [3.05, 3.63) is 28.8 Å². The molecule has 0 spiro atoms. The van der Waals surface area contributed by atoms with Gasteiger partial charge >= 0.3 is 0 Å². The van der Waals surface area contributed by atoms with Crippen molar-refractivity contribution in [2.75, 3.05) is 30.0 Å². The molecule has 1 aromatic carbocycles. The maximum absolute atomic E-state index is 6.30. The number of benzene rings is 1. The summed E-state index contributed by atoms with van der Waals surface area (Å²) >= 11 is 8.34. The first-order chi connectivity index (χ1) is 8.22. The molecule has 17 heavy (non-hydrogen) atoms. The van der Waals surface area contributed by atoms with Crippen LogP contribution in [0, 0.1) is 0 Å². The van der Waals surface area contributed by atoms with Gasteiger partial charge in [0.2, 0.25) is 0 Å². The molecule has 1 atom stereocenters. The Hall–Kier alpha value is -0.380.